The van der Waals surface area contributed by atoms with Crippen LogP contribution in [0.15, 0.2) is 23.6 Å². The Balaban J connectivity index is 1.54. The van der Waals surface area contributed by atoms with Crippen LogP contribution in [0.4, 0.5) is 0 Å². The molecule has 0 aromatic carbocycles. The Hall–Kier alpha value is -1.17. The molecule has 1 aliphatic rings. The van der Waals surface area contributed by atoms with E-state index in [0.29, 0.717) is 12.6 Å². The van der Waals surface area contributed by atoms with Crippen molar-refractivity contribution in [2.75, 3.05) is 26.2 Å². The van der Waals surface area contributed by atoms with E-state index in [1.54, 1.807) is 17.4 Å². The van der Waals surface area contributed by atoms with Crippen LogP contribution in [0, 0.1) is 0 Å². The molecule has 1 aliphatic heterocycles. The summed E-state index contributed by atoms with van der Waals surface area (Å²) < 4.78 is 0. The molecule has 1 saturated heterocycles. The van der Waals surface area contributed by atoms with Gasteiger partial charge < -0.3 is 10.4 Å². The molecule has 1 unspecified atom stereocenters. The fourth-order valence-corrected chi connectivity index (χ4v) is 3.27. The smallest absolute Gasteiger partial charge is 0.244 e. The highest BCUT2D eigenvalue weighted by molar-refractivity contribution is 7.10. The minimum Gasteiger partial charge on any atom is -0.395 e. The maximum atomic E-state index is 11.6. The molecule has 0 radical (unpaired) electrons. The van der Waals surface area contributed by atoms with Gasteiger partial charge in [0.1, 0.15) is 0 Å². The third-order valence-electron chi connectivity index (χ3n) is 3.82. The van der Waals surface area contributed by atoms with Crippen molar-refractivity contribution in [1.82, 2.24) is 10.2 Å². The molecule has 0 spiro atoms. The van der Waals surface area contributed by atoms with Gasteiger partial charge in [0.05, 0.1) is 6.61 Å². The number of rotatable bonds is 8. The van der Waals surface area contributed by atoms with Gasteiger partial charge >= 0.3 is 0 Å². The molecular weight excluding hydrogens is 284 g/mol. The van der Waals surface area contributed by atoms with Crippen LogP contribution in [0.5, 0.6) is 0 Å². The van der Waals surface area contributed by atoms with Crippen LogP contribution in [0.25, 0.3) is 6.08 Å². The molecule has 1 atom stereocenters. The molecule has 2 rings (SSSR count). The second kappa shape index (κ2) is 8.97. The highest BCUT2D eigenvalue weighted by atomic mass is 32.1. The van der Waals surface area contributed by atoms with E-state index in [0.717, 1.165) is 37.2 Å². The van der Waals surface area contributed by atoms with E-state index in [4.69, 9.17) is 0 Å². The van der Waals surface area contributed by atoms with Gasteiger partial charge in [-0.05, 0) is 56.3 Å². The van der Waals surface area contributed by atoms with E-state index in [-0.39, 0.29) is 12.5 Å². The van der Waals surface area contributed by atoms with Crippen molar-refractivity contribution < 1.29 is 9.90 Å². The Morgan fingerprint density at radius 2 is 2.43 bits per heavy atom. The monoisotopic (exact) mass is 308 g/mol. The molecule has 116 valence electrons. The van der Waals surface area contributed by atoms with E-state index >= 15 is 0 Å². The van der Waals surface area contributed by atoms with Crippen molar-refractivity contribution in [2.45, 2.75) is 31.7 Å². The number of aliphatic hydroxyl groups is 1. The Morgan fingerprint density at radius 1 is 1.52 bits per heavy atom. The molecule has 21 heavy (non-hydrogen) atoms. The molecule has 2 heterocycles. The Kier molecular flexibility index (Phi) is 6.92. The number of aliphatic hydroxyl groups excluding tert-OH is 1. The number of carbonyl (C=O) groups is 1. The third kappa shape index (κ3) is 5.61. The zero-order chi connectivity index (χ0) is 14.9. The largest absolute Gasteiger partial charge is 0.395 e. The van der Waals surface area contributed by atoms with E-state index in [2.05, 4.69) is 10.2 Å². The zero-order valence-electron chi connectivity index (χ0n) is 12.3. The first-order valence-corrected chi connectivity index (χ1v) is 8.52. The van der Waals surface area contributed by atoms with Crippen LogP contribution in [0.2, 0.25) is 0 Å². The number of nitrogens with zero attached hydrogens (tertiary/aromatic N) is 1. The fourth-order valence-electron chi connectivity index (χ4n) is 2.65. The lowest BCUT2D eigenvalue weighted by atomic mass is 10.2. The number of hydrogen-bond donors (Lipinski definition) is 2. The molecule has 1 fully saturated rings. The van der Waals surface area contributed by atoms with E-state index < -0.39 is 0 Å². The highest BCUT2D eigenvalue weighted by Gasteiger charge is 2.22. The summed E-state index contributed by atoms with van der Waals surface area (Å²) in [6, 6.07) is 4.32. The van der Waals surface area contributed by atoms with E-state index in [1.165, 1.54) is 6.42 Å². The molecule has 2 N–H and O–H groups in total. The van der Waals surface area contributed by atoms with Gasteiger partial charge in [0.2, 0.25) is 5.91 Å². The molecule has 5 heteroatoms. The van der Waals surface area contributed by atoms with Crippen molar-refractivity contribution >= 4 is 23.3 Å². The standard InChI is InChI=1S/C16H24N2O2S/c19-13-14-5-3-11-18(14)10-2-1-9-17-16(20)8-7-15-6-4-12-21-15/h4,6-8,12,14,19H,1-3,5,9-11,13H2,(H,17,20)/b8-7+. The minimum absolute atomic E-state index is 0.0298. The summed E-state index contributed by atoms with van der Waals surface area (Å²) in [5.41, 5.74) is 0. The lowest BCUT2D eigenvalue weighted by molar-refractivity contribution is -0.116. The van der Waals surface area contributed by atoms with Gasteiger partial charge in [-0.25, -0.2) is 0 Å². The van der Waals surface area contributed by atoms with Crippen LogP contribution in [0.1, 0.15) is 30.6 Å². The van der Waals surface area contributed by atoms with Gasteiger partial charge in [0.25, 0.3) is 0 Å². The van der Waals surface area contributed by atoms with Crippen molar-refractivity contribution in [3.05, 3.63) is 28.5 Å². The summed E-state index contributed by atoms with van der Waals surface area (Å²) in [5.74, 6) is -0.0298. The zero-order valence-corrected chi connectivity index (χ0v) is 13.1. The van der Waals surface area contributed by atoms with Crippen molar-refractivity contribution in [3.63, 3.8) is 0 Å². The minimum atomic E-state index is -0.0298. The quantitative estimate of drug-likeness (QED) is 0.571. The first-order valence-electron chi connectivity index (χ1n) is 7.64. The van der Waals surface area contributed by atoms with Gasteiger partial charge in [-0.2, -0.15) is 0 Å². The number of unbranched alkanes of at least 4 members (excludes halogenated alkanes) is 1. The lowest BCUT2D eigenvalue weighted by Crippen LogP contribution is -2.33. The predicted molar refractivity (Wildman–Crippen MR) is 87.3 cm³/mol. The Labute approximate surface area is 130 Å². The SMILES string of the molecule is O=C(/C=C/c1cccs1)NCCCCN1CCCC1CO. The number of carbonyl (C=O) groups excluding carboxylic acids is 1. The number of hydrogen-bond acceptors (Lipinski definition) is 4. The number of likely N-dealkylation sites (tertiary alicyclic amines) is 1. The number of nitrogens with one attached hydrogen (secondary N) is 1. The van der Waals surface area contributed by atoms with Crippen molar-refractivity contribution in [1.29, 1.82) is 0 Å². The molecular formula is C16H24N2O2S. The normalized spacial score (nSPS) is 19.4. The molecule has 4 nitrogen and oxygen atoms in total. The van der Waals surface area contributed by atoms with Gasteiger partial charge in [-0.1, -0.05) is 6.07 Å². The summed E-state index contributed by atoms with van der Waals surface area (Å²) in [7, 11) is 0. The van der Waals surface area contributed by atoms with E-state index in [1.807, 2.05) is 23.6 Å². The summed E-state index contributed by atoms with van der Waals surface area (Å²) in [6.07, 6.45) is 7.78. The number of amides is 1. The van der Waals surface area contributed by atoms with Crippen LogP contribution >= 0.6 is 11.3 Å². The van der Waals surface area contributed by atoms with Crippen molar-refractivity contribution in [3.8, 4) is 0 Å². The Morgan fingerprint density at radius 3 is 3.19 bits per heavy atom. The van der Waals surface area contributed by atoms with Crippen molar-refractivity contribution in [2.24, 2.45) is 0 Å². The first kappa shape index (κ1) is 16.2. The second-order valence-electron chi connectivity index (χ2n) is 5.36. The summed E-state index contributed by atoms with van der Waals surface area (Å²) in [4.78, 5) is 15.1. The van der Waals surface area contributed by atoms with Gasteiger partial charge in [0.15, 0.2) is 0 Å². The number of thiophene rings is 1. The van der Waals surface area contributed by atoms with Crippen LogP contribution in [-0.4, -0.2) is 48.2 Å². The summed E-state index contributed by atoms with van der Waals surface area (Å²) in [5, 5.41) is 14.1. The molecule has 1 aromatic rings. The topological polar surface area (TPSA) is 52.6 Å². The highest BCUT2D eigenvalue weighted by Crippen LogP contribution is 2.16. The maximum absolute atomic E-state index is 11.6. The molecule has 0 saturated carbocycles. The van der Waals surface area contributed by atoms with Crippen LogP contribution in [0.3, 0.4) is 0 Å². The molecule has 0 bridgehead atoms. The summed E-state index contributed by atoms with van der Waals surface area (Å²) in [6.45, 7) is 3.10. The summed E-state index contributed by atoms with van der Waals surface area (Å²) >= 11 is 1.62. The maximum Gasteiger partial charge on any atom is 0.244 e. The molecule has 0 aliphatic carbocycles. The molecule has 1 amide bonds. The van der Waals surface area contributed by atoms with Crippen LogP contribution in [-0.2, 0) is 4.79 Å². The van der Waals surface area contributed by atoms with Gasteiger partial charge in [-0.3, -0.25) is 9.69 Å². The second-order valence-corrected chi connectivity index (χ2v) is 6.34. The van der Waals surface area contributed by atoms with Gasteiger partial charge in [0, 0.05) is 23.5 Å². The molecule has 1 aromatic heterocycles. The van der Waals surface area contributed by atoms with Crippen LogP contribution < -0.4 is 5.32 Å². The average molecular weight is 308 g/mol. The first-order chi connectivity index (χ1) is 10.3. The fraction of sp³-hybridized carbons (Fsp3) is 0.562. The van der Waals surface area contributed by atoms with Gasteiger partial charge in [-0.15, -0.1) is 11.3 Å². The predicted octanol–water partition coefficient (Wildman–Crippen LogP) is 2.11. The third-order valence-corrected chi connectivity index (χ3v) is 4.66. The average Bonchev–Trinajstić information content (AvgIpc) is 3.15. The lowest BCUT2D eigenvalue weighted by Gasteiger charge is -2.22. The Bertz CT molecular complexity index is 445. The van der Waals surface area contributed by atoms with E-state index in [9.17, 15) is 9.90 Å².